The van der Waals surface area contributed by atoms with E-state index in [1.165, 1.54) is 17.7 Å². The number of amides is 2. The van der Waals surface area contributed by atoms with Crippen LogP contribution in [0.5, 0.6) is 0 Å². The second-order valence-electron chi connectivity index (χ2n) is 12.0. The number of ether oxygens (including phenoxy) is 1. The fourth-order valence-electron chi connectivity index (χ4n) is 7.63. The number of aromatic nitrogens is 3. The predicted octanol–water partition coefficient (Wildman–Crippen LogP) is 5.67. The van der Waals surface area contributed by atoms with E-state index in [9.17, 15) is 9.59 Å². The molecule has 0 aliphatic carbocycles. The van der Waals surface area contributed by atoms with Gasteiger partial charge in [0.25, 0.3) is 0 Å². The molecule has 8 heteroatoms. The maximum Gasteiger partial charge on any atom is 0.417 e. The van der Waals surface area contributed by atoms with Gasteiger partial charge in [-0.3, -0.25) is 9.69 Å². The Kier molecular flexibility index (Phi) is 7.24. The molecule has 4 aromatic rings. The number of pyridine rings is 1. The van der Waals surface area contributed by atoms with E-state index in [0.717, 1.165) is 47.5 Å². The molecule has 2 bridgehead atoms. The van der Waals surface area contributed by atoms with Gasteiger partial charge >= 0.3 is 6.09 Å². The van der Waals surface area contributed by atoms with Crippen molar-refractivity contribution in [3.63, 3.8) is 0 Å². The van der Waals surface area contributed by atoms with Crippen molar-refractivity contribution in [3.05, 3.63) is 95.9 Å². The number of hydrogen-bond donors (Lipinski definition) is 0. The fourth-order valence-corrected chi connectivity index (χ4v) is 7.63. The molecule has 0 radical (unpaired) electrons. The minimum absolute atomic E-state index is 0.154. The Bertz CT molecular complexity index is 1560. The molecule has 3 fully saturated rings. The van der Waals surface area contributed by atoms with Gasteiger partial charge in [-0.2, -0.15) is 0 Å². The Morgan fingerprint density at radius 3 is 2.40 bits per heavy atom. The van der Waals surface area contributed by atoms with E-state index >= 15 is 0 Å². The van der Waals surface area contributed by atoms with Gasteiger partial charge < -0.3 is 9.30 Å². The Labute approximate surface area is 246 Å². The van der Waals surface area contributed by atoms with Crippen molar-refractivity contribution in [1.29, 1.82) is 0 Å². The second kappa shape index (κ2) is 11.3. The summed E-state index contributed by atoms with van der Waals surface area (Å²) in [7, 11) is 0. The van der Waals surface area contributed by atoms with Crippen molar-refractivity contribution in [2.75, 3.05) is 13.2 Å². The largest absolute Gasteiger partial charge is 0.447 e. The van der Waals surface area contributed by atoms with Gasteiger partial charge in [-0.05, 0) is 75.3 Å². The number of aryl methyl sites for hydroxylation is 1. The van der Waals surface area contributed by atoms with Crippen LogP contribution in [-0.2, 0) is 16.0 Å². The number of hydrogen-bond acceptors (Lipinski definition) is 6. The van der Waals surface area contributed by atoms with E-state index in [2.05, 4.69) is 21.4 Å². The highest BCUT2D eigenvalue weighted by Crippen LogP contribution is 2.43. The molecule has 8 nitrogen and oxygen atoms in total. The molecule has 2 aromatic heterocycles. The molecule has 4 atom stereocenters. The molecular formula is C34H37N5O3. The highest BCUT2D eigenvalue weighted by molar-refractivity contribution is 5.97. The summed E-state index contributed by atoms with van der Waals surface area (Å²) in [5.74, 6) is 0.466. The van der Waals surface area contributed by atoms with E-state index in [-0.39, 0.29) is 18.6 Å². The van der Waals surface area contributed by atoms with Crippen LogP contribution in [0.2, 0.25) is 0 Å². The number of imidazole rings is 1. The molecule has 3 aliphatic heterocycles. The van der Waals surface area contributed by atoms with Gasteiger partial charge in [0, 0.05) is 24.3 Å². The van der Waals surface area contributed by atoms with E-state index in [0.29, 0.717) is 31.0 Å². The molecule has 2 aromatic carbocycles. The first-order valence-corrected chi connectivity index (χ1v) is 15.2. The molecule has 3 aliphatic rings. The summed E-state index contributed by atoms with van der Waals surface area (Å²) in [6, 6.07) is 24.9. The van der Waals surface area contributed by atoms with E-state index in [1.807, 2.05) is 79.0 Å². The van der Waals surface area contributed by atoms with Crippen molar-refractivity contribution in [2.45, 2.75) is 75.5 Å². The highest BCUT2D eigenvalue weighted by atomic mass is 16.6. The number of benzene rings is 2. The third kappa shape index (κ3) is 4.98. The van der Waals surface area contributed by atoms with Crippen LogP contribution in [0.3, 0.4) is 0 Å². The van der Waals surface area contributed by atoms with E-state index in [4.69, 9.17) is 9.72 Å². The molecular weight excluding hydrogens is 526 g/mol. The number of nitrogens with zero attached hydrogens (tertiary/aromatic N) is 5. The van der Waals surface area contributed by atoms with Crippen LogP contribution in [0.25, 0.3) is 11.2 Å². The van der Waals surface area contributed by atoms with E-state index in [1.54, 1.807) is 0 Å². The predicted molar refractivity (Wildman–Crippen MR) is 160 cm³/mol. The number of rotatable bonds is 8. The van der Waals surface area contributed by atoms with Crippen LogP contribution >= 0.6 is 0 Å². The van der Waals surface area contributed by atoms with Crippen molar-refractivity contribution in [2.24, 2.45) is 0 Å². The number of imide groups is 1. The number of carbonyl (C=O) groups excluding carboxylic acids is 2. The number of cyclic esters (lactones) is 1. The van der Waals surface area contributed by atoms with Gasteiger partial charge in [-0.15, -0.1) is 0 Å². The zero-order chi connectivity index (χ0) is 28.6. The normalized spacial score (nSPS) is 24.7. The molecule has 7 rings (SSSR count). The van der Waals surface area contributed by atoms with Crippen LogP contribution in [0, 0.1) is 6.92 Å². The Morgan fingerprint density at radius 2 is 1.67 bits per heavy atom. The third-order valence-corrected chi connectivity index (χ3v) is 9.54. The highest BCUT2D eigenvalue weighted by Gasteiger charge is 2.44. The molecule has 2 amide bonds. The fraction of sp³-hybridized carbons (Fsp3) is 0.412. The quantitative estimate of drug-likeness (QED) is 0.275. The summed E-state index contributed by atoms with van der Waals surface area (Å²) in [4.78, 5) is 40.5. The Hall–Kier alpha value is -4.04. The van der Waals surface area contributed by atoms with Gasteiger partial charge in [0.15, 0.2) is 5.65 Å². The zero-order valence-electron chi connectivity index (χ0n) is 24.0. The maximum atomic E-state index is 14.2. The van der Waals surface area contributed by atoms with Crippen LogP contribution in [0.4, 0.5) is 4.79 Å². The van der Waals surface area contributed by atoms with Crippen LogP contribution in [0.1, 0.15) is 61.0 Å². The number of carbonyl (C=O) groups is 2. The van der Waals surface area contributed by atoms with Crippen molar-refractivity contribution >= 4 is 23.2 Å². The van der Waals surface area contributed by atoms with Gasteiger partial charge in [-0.25, -0.2) is 19.7 Å². The first-order valence-electron chi connectivity index (χ1n) is 15.2. The first-order chi connectivity index (χ1) is 20.6. The maximum absolute atomic E-state index is 14.2. The third-order valence-electron chi connectivity index (χ3n) is 9.54. The van der Waals surface area contributed by atoms with Crippen LogP contribution in [-0.4, -0.2) is 67.6 Å². The summed E-state index contributed by atoms with van der Waals surface area (Å²) in [5, 5.41) is 0. The van der Waals surface area contributed by atoms with Crippen molar-refractivity contribution < 1.29 is 14.3 Å². The second-order valence-corrected chi connectivity index (χ2v) is 12.0. The lowest BCUT2D eigenvalue weighted by molar-refractivity contribution is -0.131. The minimum atomic E-state index is -0.528. The summed E-state index contributed by atoms with van der Waals surface area (Å²) in [5.41, 5.74) is 3.98. The van der Waals surface area contributed by atoms with Crippen LogP contribution in [0.15, 0.2) is 79.0 Å². The van der Waals surface area contributed by atoms with Gasteiger partial charge in [0.2, 0.25) is 5.91 Å². The van der Waals surface area contributed by atoms with Crippen molar-refractivity contribution in [3.8, 4) is 0 Å². The molecule has 5 heterocycles. The smallest absolute Gasteiger partial charge is 0.417 e. The van der Waals surface area contributed by atoms with Gasteiger partial charge in [0.1, 0.15) is 17.9 Å². The average molecular weight is 564 g/mol. The zero-order valence-corrected chi connectivity index (χ0v) is 24.0. The summed E-state index contributed by atoms with van der Waals surface area (Å²) in [6.45, 7) is 3.14. The minimum Gasteiger partial charge on any atom is -0.447 e. The topological polar surface area (TPSA) is 80.6 Å². The van der Waals surface area contributed by atoms with Gasteiger partial charge in [0.05, 0.1) is 12.0 Å². The Morgan fingerprint density at radius 1 is 0.952 bits per heavy atom. The molecule has 3 saturated heterocycles. The molecule has 0 spiro atoms. The molecule has 0 N–H and O–H groups in total. The first kappa shape index (κ1) is 26.8. The lowest BCUT2D eigenvalue weighted by atomic mass is 9.91. The summed E-state index contributed by atoms with van der Waals surface area (Å²) >= 11 is 0. The Balaban J connectivity index is 1.09. The van der Waals surface area contributed by atoms with Crippen LogP contribution < -0.4 is 0 Å². The van der Waals surface area contributed by atoms with Crippen molar-refractivity contribution in [1.82, 2.24) is 24.3 Å². The molecule has 2 unspecified atom stereocenters. The van der Waals surface area contributed by atoms with Gasteiger partial charge in [-0.1, -0.05) is 60.7 Å². The standard InChI is InChI=1S/C34H37N5O3/c1-23-36-31-13-8-17-35-32(31)38(23)28-20-26-14-15-27(21-28)37(26)18-16-30(25-11-6-3-7-12-25)33(40)39-29(22-42-34(39)41)19-24-9-4-2-5-10-24/h2-13,17,26-30H,14-16,18-22H2,1H3/t26?,27?,28?,29-,30-/m0/s1. The SMILES string of the molecule is Cc1nc2cccnc2n1C1CC2CCC(C1)N2CC[C@H](C(=O)N1C(=O)OC[C@@H]1Cc1ccccc1)c1ccccc1. The lowest BCUT2D eigenvalue weighted by Crippen LogP contribution is -2.46. The number of piperidine rings is 1. The molecule has 0 saturated carbocycles. The number of fused-ring (bicyclic) bond motifs is 3. The molecule has 42 heavy (non-hydrogen) atoms. The average Bonchev–Trinajstić information content (AvgIpc) is 3.62. The summed E-state index contributed by atoms with van der Waals surface area (Å²) < 4.78 is 7.77. The monoisotopic (exact) mass is 563 g/mol. The summed E-state index contributed by atoms with van der Waals surface area (Å²) in [6.07, 6.45) is 7.03. The molecule has 216 valence electrons. The van der Waals surface area contributed by atoms with E-state index < -0.39 is 12.0 Å². The lowest BCUT2D eigenvalue weighted by Gasteiger charge is -2.40.